The molecule has 4 rings (SSSR count). The number of anilines is 1. The van der Waals surface area contributed by atoms with Crippen LogP contribution >= 0.6 is 11.8 Å². The largest absolute Gasteiger partial charge is 0.469 e. The predicted molar refractivity (Wildman–Crippen MR) is 110 cm³/mol. The van der Waals surface area contributed by atoms with E-state index in [4.69, 9.17) is 4.42 Å². The van der Waals surface area contributed by atoms with Crippen molar-refractivity contribution in [1.82, 2.24) is 14.8 Å². The van der Waals surface area contributed by atoms with Crippen LogP contribution in [0.5, 0.6) is 0 Å². The van der Waals surface area contributed by atoms with Gasteiger partial charge in [0.1, 0.15) is 5.76 Å². The number of nitrogens with zero attached hydrogens (tertiary/aromatic N) is 4. The third kappa shape index (κ3) is 3.26. The lowest BCUT2D eigenvalue weighted by atomic mass is 10.2. The average Bonchev–Trinajstić information content (AvgIpc) is 3.40. The van der Waals surface area contributed by atoms with E-state index in [0.717, 1.165) is 35.8 Å². The van der Waals surface area contributed by atoms with Crippen molar-refractivity contribution in [1.29, 1.82) is 0 Å². The SMILES string of the molecule is C=CCn1c(SC(C)C(=O)N2CCc3ccccc32)nnc1-c1ccoc1C. The van der Waals surface area contributed by atoms with Gasteiger partial charge in [-0.25, -0.2) is 0 Å². The zero-order valence-electron chi connectivity index (χ0n) is 16.0. The zero-order chi connectivity index (χ0) is 19.7. The van der Waals surface area contributed by atoms with Crippen LogP contribution < -0.4 is 4.90 Å². The van der Waals surface area contributed by atoms with Crippen LogP contribution in [0.2, 0.25) is 0 Å². The number of thioether (sulfide) groups is 1. The van der Waals surface area contributed by atoms with Crippen LogP contribution in [0, 0.1) is 6.92 Å². The highest BCUT2D eigenvalue weighted by molar-refractivity contribution is 8.00. The Hall–Kier alpha value is -2.80. The lowest BCUT2D eigenvalue weighted by Crippen LogP contribution is -2.35. The number of carbonyl (C=O) groups excluding carboxylic acids is 1. The molecule has 0 fully saturated rings. The minimum absolute atomic E-state index is 0.0872. The molecule has 7 heteroatoms. The fraction of sp³-hybridized carbons (Fsp3) is 0.286. The summed E-state index contributed by atoms with van der Waals surface area (Å²) in [6.45, 7) is 8.94. The first-order valence-corrected chi connectivity index (χ1v) is 10.1. The van der Waals surface area contributed by atoms with Gasteiger partial charge in [-0.2, -0.15) is 0 Å². The van der Waals surface area contributed by atoms with Crippen molar-refractivity contribution in [3.63, 3.8) is 0 Å². The Morgan fingerprint density at radius 2 is 2.18 bits per heavy atom. The molecule has 1 unspecified atom stereocenters. The summed E-state index contributed by atoms with van der Waals surface area (Å²) in [6, 6.07) is 9.96. The van der Waals surface area contributed by atoms with Gasteiger partial charge in [-0.3, -0.25) is 9.36 Å². The molecular weight excluding hydrogens is 372 g/mol. The van der Waals surface area contributed by atoms with Crippen LogP contribution in [0.15, 0.2) is 58.8 Å². The summed E-state index contributed by atoms with van der Waals surface area (Å²) in [5.41, 5.74) is 3.14. The molecule has 0 aliphatic carbocycles. The van der Waals surface area contributed by atoms with Gasteiger partial charge in [0, 0.05) is 18.8 Å². The fourth-order valence-corrected chi connectivity index (χ4v) is 4.40. The number of rotatable bonds is 6. The summed E-state index contributed by atoms with van der Waals surface area (Å²) in [5, 5.41) is 9.10. The smallest absolute Gasteiger partial charge is 0.240 e. The van der Waals surface area contributed by atoms with Crippen LogP contribution in [0.25, 0.3) is 11.4 Å². The molecule has 0 saturated heterocycles. The van der Waals surface area contributed by atoms with Crippen LogP contribution in [-0.2, 0) is 17.8 Å². The molecule has 144 valence electrons. The molecule has 0 radical (unpaired) electrons. The van der Waals surface area contributed by atoms with Gasteiger partial charge < -0.3 is 9.32 Å². The van der Waals surface area contributed by atoms with Gasteiger partial charge in [-0.1, -0.05) is 36.0 Å². The van der Waals surface area contributed by atoms with Gasteiger partial charge in [0.05, 0.1) is 17.1 Å². The van der Waals surface area contributed by atoms with Gasteiger partial charge in [-0.15, -0.1) is 16.8 Å². The number of allylic oxidation sites excluding steroid dienone is 1. The second kappa shape index (κ2) is 7.67. The van der Waals surface area contributed by atoms with E-state index in [2.05, 4.69) is 22.8 Å². The number of carbonyl (C=O) groups is 1. The summed E-state index contributed by atoms with van der Waals surface area (Å²) >= 11 is 1.42. The second-order valence-electron chi connectivity index (χ2n) is 6.72. The van der Waals surface area contributed by atoms with Crippen LogP contribution in [-0.4, -0.2) is 32.5 Å². The number of hydrogen-bond donors (Lipinski definition) is 0. The number of para-hydroxylation sites is 1. The van der Waals surface area contributed by atoms with E-state index < -0.39 is 0 Å². The monoisotopic (exact) mass is 394 g/mol. The Morgan fingerprint density at radius 3 is 2.93 bits per heavy atom. The summed E-state index contributed by atoms with van der Waals surface area (Å²) in [7, 11) is 0. The molecule has 3 heterocycles. The van der Waals surface area contributed by atoms with E-state index in [9.17, 15) is 4.79 Å². The first-order valence-electron chi connectivity index (χ1n) is 9.24. The van der Waals surface area contributed by atoms with Gasteiger partial charge >= 0.3 is 0 Å². The summed E-state index contributed by atoms with van der Waals surface area (Å²) in [5.74, 6) is 1.59. The van der Waals surface area contributed by atoms with E-state index in [0.29, 0.717) is 11.7 Å². The lowest BCUT2D eigenvalue weighted by molar-refractivity contribution is -0.117. The maximum absolute atomic E-state index is 13.1. The molecule has 0 bridgehead atoms. The third-order valence-corrected chi connectivity index (χ3v) is 5.98. The number of aryl methyl sites for hydroxylation is 1. The number of benzene rings is 1. The second-order valence-corrected chi connectivity index (χ2v) is 8.03. The van der Waals surface area contributed by atoms with Crippen molar-refractivity contribution in [2.24, 2.45) is 0 Å². The van der Waals surface area contributed by atoms with Crippen LogP contribution in [0.3, 0.4) is 0 Å². The van der Waals surface area contributed by atoms with E-state index >= 15 is 0 Å². The Balaban J connectivity index is 1.57. The molecular formula is C21H22N4O2S. The fourth-order valence-electron chi connectivity index (χ4n) is 3.48. The van der Waals surface area contributed by atoms with Crippen molar-refractivity contribution in [2.45, 2.75) is 37.2 Å². The molecule has 6 nitrogen and oxygen atoms in total. The Kier molecular flexibility index (Phi) is 5.09. The number of hydrogen-bond acceptors (Lipinski definition) is 5. The van der Waals surface area contributed by atoms with Gasteiger partial charge in [0.15, 0.2) is 11.0 Å². The highest BCUT2D eigenvalue weighted by Crippen LogP contribution is 2.33. The van der Waals surface area contributed by atoms with Crippen molar-refractivity contribution >= 4 is 23.4 Å². The van der Waals surface area contributed by atoms with Crippen molar-refractivity contribution in [3.05, 3.63) is 60.6 Å². The quantitative estimate of drug-likeness (QED) is 0.465. The molecule has 1 amide bonds. The molecule has 28 heavy (non-hydrogen) atoms. The average molecular weight is 395 g/mol. The van der Waals surface area contributed by atoms with Crippen molar-refractivity contribution < 1.29 is 9.21 Å². The topological polar surface area (TPSA) is 64.2 Å². The Labute approximate surface area is 168 Å². The standard InChI is InChI=1S/C21H22N4O2S/c1-4-11-25-19(17-10-13-27-14(17)2)22-23-21(25)28-15(3)20(26)24-12-9-16-7-5-6-8-18(16)24/h4-8,10,13,15H,1,9,11-12H2,2-3H3. The number of fused-ring (bicyclic) bond motifs is 1. The lowest BCUT2D eigenvalue weighted by Gasteiger charge is -2.21. The molecule has 1 aliphatic heterocycles. The Bertz CT molecular complexity index is 1020. The summed E-state index contributed by atoms with van der Waals surface area (Å²) in [4.78, 5) is 15.0. The maximum atomic E-state index is 13.1. The molecule has 1 aromatic carbocycles. The predicted octanol–water partition coefficient (Wildman–Crippen LogP) is 4.10. The van der Waals surface area contributed by atoms with E-state index in [1.165, 1.54) is 17.3 Å². The third-order valence-electron chi connectivity index (χ3n) is 4.91. The van der Waals surface area contributed by atoms with Gasteiger partial charge in [0.2, 0.25) is 5.91 Å². The number of furan rings is 1. The van der Waals surface area contributed by atoms with E-state index in [1.807, 2.05) is 47.6 Å². The van der Waals surface area contributed by atoms with Gasteiger partial charge in [-0.05, 0) is 38.0 Å². The van der Waals surface area contributed by atoms with Crippen molar-refractivity contribution in [3.8, 4) is 11.4 Å². The normalized spacial score (nSPS) is 14.1. The highest BCUT2D eigenvalue weighted by atomic mass is 32.2. The molecule has 0 spiro atoms. The number of aromatic nitrogens is 3. The van der Waals surface area contributed by atoms with E-state index in [1.54, 1.807) is 12.3 Å². The van der Waals surface area contributed by atoms with Crippen LogP contribution in [0.4, 0.5) is 5.69 Å². The first kappa shape index (κ1) is 18.6. The molecule has 0 saturated carbocycles. The van der Waals surface area contributed by atoms with Crippen molar-refractivity contribution in [2.75, 3.05) is 11.4 Å². The van der Waals surface area contributed by atoms with E-state index in [-0.39, 0.29) is 11.2 Å². The highest BCUT2D eigenvalue weighted by Gasteiger charge is 2.29. The first-order chi connectivity index (χ1) is 13.6. The molecule has 3 aromatic rings. The molecule has 1 aliphatic rings. The molecule has 0 N–H and O–H groups in total. The zero-order valence-corrected chi connectivity index (χ0v) is 16.8. The summed E-state index contributed by atoms with van der Waals surface area (Å²) < 4.78 is 7.38. The minimum atomic E-state index is -0.280. The van der Waals surface area contributed by atoms with Gasteiger partial charge in [0.25, 0.3) is 0 Å². The minimum Gasteiger partial charge on any atom is -0.469 e. The number of amides is 1. The summed E-state index contributed by atoms with van der Waals surface area (Å²) in [6.07, 6.45) is 4.34. The maximum Gasteiger partial charge on any atom is 0.240 e. The molecule has 2 aromatic heterocycles. The van der Waals surface area contributed by atoms with Crippen LogP contribution in [0.1, 0.15) is 18.2 Å². The molecule has 1 atom stereocenters. The Morgan fingerprint density at radius 1 is 1.36 bits per heavy atom.